The summed E-state index contributed by atoms with van der Waals surface area (Å²) in [7, 11) is 1.55. The van der Waals surface area contributed by atoms with Crippen LogP contribution >= 0.6 is 0 Å². The van der Waals surface area contributed by atoms with Crippen LogP contribution in [-0.4, -0.2) is 38.2 Å². The summed E-state index contributed by atoms with van der Waals surface area (Å²) in [5.74, 6) is -1.09. The van der Waals surface area contributed by atoms with Crippen molar-refractivity contribution >= 4 is 0 Å². The molecule has 4 atom stereocenters. The molecule has 0 aliphatic carbocycles. The van der Waals surface area contributed by atoms with Crippen LogP contribution in [0.4, 0.5) is 0 Å². The Morgan fingerprint density at radius 3 is 2.59 bits per heavy atom. The van der Waals surface area contributed by atoms with E-state index in [2.05, 4.69) is 6.92 Å². The molecule has 4 unspecified atom stereocenters. The van der Waals surface area contributed by atoms with Gasteiger partial charge in [-0.15, -0.1) is 0 Å². The van der Waals surface area contributed by atoms with Crippen LogP contribution in [0.25, 0.3) is 0 Å². The lowest BCUT2D eigenvalue weighted by atomic mass is 10.2. The average molecular weight is 310 g/mol. The van der Waals surface area contributed by atoms with E-state index < -0.39 is 12.3 Å². The third-order valence-electron chi connectivity index (χ3n) is 3.62. The van der Waals surface area contributed by atoms with E-state index in [0.717, 1.165) is 12.0 Å². The predicted octanol–water partition coefficient (Wildman–Crippen LogP) is 3.08. The van der Waals surface area contributed by atoms with E-state index in [1.807, 2.05) is 37.3 Å². The van der Waals surface area contributed by atoms with Gasteiger partial charge in [0.15, 0.2) is 6.29 Å². The molecule has 1 fully saturated rings. The highest BCUT2D eigenvalue weighted by atomic mass is 16.9. The molecule has 22 heavy (non-hydrogen) atoms. The van der Waals surface area contributed by atoms with Crippen LogP contribution in [0, 0.1) is 0 Å². The van der Waals surface area contributed by atoms with Gasteiger partial charge in [-0.25, -0.2) is 0 Å². The quantitative estimate of drug-likeness (QED) is 0.738. The number of ether oxygens (including phenoxy) is 5. The maximum atomic E-state index is 5.92. The van der Waals surface area contributed by atoms with Gasteiger partial charge in [-0.1, -0.05) is 37.3 Å². The minimum Gasteiger partial charge on any atom is -0.371 e. The van der Waals surface area contributed by atoms with Crippen molar-refractivity contribution in [1.82, 2.24) is 0 Å². The molecule has 0 spiro atoms. The van der Waals surface area contributed by atoms with Crippen molar-refractivity contribution in [3.05, 3.63) is 35.9 Å². The second kappa shape index (κ2) is 8.04. The number of methoxy groups -OCH3 is 1. The monoisotopic (exact) mass is 310 g/mol. The van der Waals surface area contributed by atoms with Gasteiger partial charge in [-0.3, -0.25) is 4.74 Å². The molecule has 5 heteroatoms. The summed E-state index contributed by atoms with van der Waals surface area (Å²) in [6.45, 7) is 6.87. The summed E-state index contributed by atoms with van der Waals surface area (Å²) < 4.78 is 28.5. The normalized spacial score (nSPS) is 29.6. The Balaban J connectivity index is 1.94. The van der Waals surface area contributed by atoms with Crippen molar-refractivity contribution in [2.24, 2.45) is 0 Å². The van der Waals surface area contributed by atoms with E-state index in [9.17, 15) is 0 Å². The highest BCUT2D eigenvalue weighted by Gasteiger charge is 2.48. The topological polar surface area (TPSA) is 46.2 Å². The fourth-order valence-corrected chi connectivity index (χ4v) is 2.28. The fourth-order valence-electron chi connectivity index (χ4n) is 2.28. The Morgan fingerprint density at radius 2 is 1.95 bits per heavy atom. The van der Waals surface area contributed by atoms with Gasteiger partial charge in [0.25, 0.3) is 5.97 Å². The Morgan fingerprint density at radius 1 is 1.23 bits per heavy atom. The zero-order valence-electron chi connectivity index (χ0n) is 13.8. The largest absolute Gasteiger partial charge is 0.371 e. The Hall–Kier alpha value is -0.980. The van der Waals surface area contributed by atoms with E-state index in [4.69, 9.17) is 23.7 Å². The van der Waals surface area contributed by atoms with Crippen molar-refractivity contribution in [2.75, 3.05) is 13.7 Å². The summed E-state index contributed by atoms with van der Waals surface area (Å²) in [6.07, 6.45) is -0.0925. The van der Waals surface area contributed by atoms with Crippen LogP contribution in [0.1, 0.15) is 32.8 Å². The molecule has 0 aromatic heterocycles. The molecule has 1 aliphatic heterocycles. The van der Waals surface area contributed by atoms with Crippen molar-refractivity contribution in [2.45, 2.75) is 58.3 Å². The van der Waals surface area contributed by atoms with Gasteiger partial charge in [-0.2, -0.15) is 0 Å². The summed E-state index contributed by atoms with van der Waals surface area (Å²) in [5.41, 5.74) is 1.12. The zero-order chi connectivity index (χ0) is 16.0. The molecule has 2 rings (SSSR count). The summed E-state index contributed by atoms with van der Waals surface area (Å²) >= 11 is 0. The molecule has 1 heterocycles. The number of hydrogen-bond acceptors (Lipinski definition) is 5. The standard InChI is InChI=1S/C17H26O5/c1-5-11-19-16-15(21-17(3,18-4)22-16)13(2)20-12-14-9-7-6-8-10-14/h6-10,13,15-16H,5,11-12H2,1-4H3. The lowest BCUT2D eigenvalue weighted by molar-refractivity contribution is -0.333. The summed E-state index contributed by atoms with van der Waals surface area (Å²) in [4.78, 5) is 0. The molecule has 1 aromatic carbocycles. The highest BCUT2D eigenvalue weighted by Crippen LogP contribution is 2.32. The molecule has 1 aliphatic rings. The summed E-state index contributed by atoms with van der Waals surface area (Å²) in [6, 6.07) is 10.0. The molecule has 0 radical (unpaired) electrons. The zero-order valence-corrected chi connectivity index (χ0v) is 13.8. The number of benzene rings is 1. The van der Waals surface area contributed by atoms with Crippen LogP contribution in [0.15, 0.2) is 30.3 Å². The van der Waals surface area contributed by atoms with Crippen LogP contribution in [0.5, 0.6) is 0 Å². The van der Waals surface area contributed by atoms with Gasteiger partial charge in [-0.05, 0) is 18.9 Å². The van der Waals surface area contributed by atoms with Crippen molar-refractivity contribution in [3.8, 4) is 0 Å². The lowest BCUT2D eigenvalue weighted by Gasteiger charge is -2.23. The van der Waals surface area contributed by atoms with E-state index in [-0.39, 0.29) is 12.2 Å². The molecular weight excluding hydrogens is 284 g/mol. The van der Waals surface area contributed by atoms with Crippen molar-refractivity contribution in [1.29, 1.82) is 0 Å². The molecule has 5 nitrogen and oxygen atoms in total. The highest BCUT2D eigenvalue weighted by molar-refractivity contribution is 5.13. The van der Waals surface area contributed by atoms with Crippen molar-refractivity contribution in [3.63, 3.8) is 0 Å². The first-order valence-corrected chi connectivity index (χ1v) is 7.76. The second-order valence-corrected chi connectivity index (χ2v) is 5.51. The Kier molecular flexibility index (Phi) is 6.35. The van der Waals surface area contributed by atoms with E-state index in [0.29, 0.717) is 13.2 Å². The maximum Gasteiger partial charge on any atom is 0.282 e. The maximum absolute atomic E-state index is 5.92. The third-order valence-corrected chi connectivity index (χ3v) is 3.62. The average Bonchev–Trinajstić information content (AvgIpc) is 2.89. The Bertz CT molecular complexity index is 438. The molecule has 124 valence electrons. The summed E-state index contributed by atoms with van der Waals surface area (Å²) in [5, 5.41) is 0. The van der Waals surface area contributed by atoms with E-state index in [1.54, 1.807) is 14.0 Å². The predicted molar refractivity (Wildman–Crippen MR) is 82.1 cm³/mol. The minimum atomic E-state index is -1.09. The van der Waals surface area contributed by atoms with Gasteiger partial charge >= 0.3 is 0 Å². The van der Waals surface area contributed by atoms with E-state index >= 15 is 0 Å². The Labute approximate surface area is 132 Å². The molecule has 1 saturated heterocycles. The van der Waals surface area contributed by atoms with Crippen LogP contribution < -0.4 is 0 Å². The first kappa shape index (κ1) is 17.4. The molecule has 0 bridgehead atoms. The van der Waals surface area contributed by atoms with E-state index in [1.165, 1.54) is 0 Å². The second-order valence-electron chi connectivity index (χ2n) is 5.51. The molecule has 0 N–H and O–H groups in total. The van der Waals surface area contributed by atoms with Gasteiger partial charge in [0.1, 0.15) is 6.10 Å². The molecule has 0 amide bonds. The van der Waals surface area contributed by atoms with Crippen LogP contribution in [-0.2, 0) is 30.3 Å². The number of hydrogen-bond donors (Lipinski definition) is 0. The number of rotatable bonds is 8. The SMILES string of the molecule is CCCOC1OC(C)(OC)OC1C(C)OCc1ccccc1. The molecule has 1 aromatic rings. The lowest BCUT2D eigenvalue weighted by Crippen LogP contribution is -2.37. The van der Waals surface area contributed by atoms with Crippen LogP contribution in [0.3, 0.4) is 0 Å². The smallest absolute Gasteiger partial charge is 0.282 e. The first-order chi connectivity index (χ1) is 10.6. The molecule has 0 saturated carbocycles. The van der Waals surface area contributed by atoms with Crippen molar-refractivity contribution < 1.29 is 23.7 Å². The third kappa shape index (κ3) is 4.51. The minimum absolute atomic E-state index is 0.181. The van der Waals surface area contributed by atoms with Gasteiger partial charge in [0.2, 0.25) is 0 Å². The van der Waals surface area contributed by atoms with Gasteiger partial charge in [0.05, 0.1) is 12.7 Å². The first-order valence-electron chi connectivity index (χ1n) is 7.76. The van der Waals surface area contributed by atoms with Gasteiger partial charge < -0.3 is 18.9 Å². The fraction of sp³-hybridized carbons (Fsp3) is 0.647. The molecular formula is C17H26O5. The van der Waals surface area contributed by atoms with Gasteiger partial charge in [0, 0.05) is 20.6 Å². The van der Waals surface area contributed by atoms with Crippen LogP contribution in [0.2, 0.25) is 0 Å².